The molecule has 4 rings (SSSR count). The number of nitrogens with zero attached hydrogens (tertiary/aromatic N) is 3. The standard InChI is InChI=1S/C21H17ClN4O/c1-27-20-12-15(2-7-19(20)22)21-18(14-8-10-24-11-9-14)13-26(25-21)17-5-3-16(23)4-6-17/h2-13H,23H2,1H3. The number of halogens is 1. The lowest BCUT2D eigenvalue weighted by molar-refractivity contribution is 0.415. The van der Waals surface area contributed by atoms with Gasteiger partial charge < -0.3 is 10.5 Å². The summed E-state index contributed by atoms with van der Waals surface area (Å²) in [6.45, 7) is 0. The largest absolute Gasteiger partial charge is 0.495 e. The second kappa shape index (κ2) is 7.13. The molecule has 27 heavy (non-hydrogen) atoms. The first-order chi connectivity index (χ1) is 13.2. The van der Waals surface area contributed by atoms with Crippen molar-refractivity contribution in [3.63, 3.8) is 0 Å². The van der Waals surface area contributed by atoms with Gasteiger partial charge in [0.1, 0.15) is 11.4 Å². The predicted octanol–water partition coefficient (Wildman–Crippen LogP) is 4.85. The van der Waals surface area contributed by atoms with Crippen LogP contribution in [-0.4, -0.2) is 21.9 Å². The molecule has 0 radical (unpaired) electrons. The van der Waals surface area contributed by atoms with E-state index in [1.165, 1.54) is 0 Å². The second-order valence-corrected chi connectivity index (χ2v) is 6.42. The van der Waals surface area contributed by atoms with Gasteiger partial charge in [0.15, 0.2) is 0 Å². The average Bonchev–Trinajstić information content (AvgIpc) is 3.15. The molecule has 0 aliphatic carbocycles. The van der Waals surface area contributed by atoms with Crippen LogP contribution in [0.2, 0.25) is 5.02 Å². The summed E-state index contributed by atoms with van der Waals surface area (Å²) in [7, 11) is 1.60. The number of nitrogens with two attached hydrogens (primary N) is 1. The third-order valence-corrected chi connectivity index (χ3v) is 4.60. The maximum atomic E-state index is 6.19. The van der Waals surface area contributed by atoms with Gasteiger partial charge >= 0.3 is 0 Å². The average molecular weight is 377 g/mol. The van der Waals surface area contributed by atoms with Crippen LogP contribution in [0.5, 0.6) is 5.75 Å². The highest BCUT2D eigenvalue weighted by Crippen LogP contribution is 2.35. The molecule has 0 fully saturated rings. The van der Waals surface area contributed by atoms with Crippen molar-refractivity contribution in [1.29, 1.82) is 0 Å². The van der Waals surface area contributed by atoms with Crippen molar-refractivity contribution in [3.05, 3.63) is 78.2 Å². The Hall–Kier alpha value is -3.31. The smallest absolute Gasteiger partial charge is 0.138 e. The summed E-state index contributed by atoms with van der Waals surface area (Å²) in [4.78, 5) is 4.11. The molecular formula is C21H17ClN4O. The number of pyridine rings is 1. The van der Waals surface area contributed by atoms with Crippen LogP contribution in [0.4, 0.5) is 5.69 Å². The lowest BCUT2D eigenvalue weighted by Crippen LogP contribution is -1.95. The Morgan fingerprint density at radius 3 is 2.41 bits per heavy atom. The topological polar surface area (TPSA) is 66.0 Å². The van der Waals surface area contributed by atoms with E-state index in [2.05, 4.69) is 4.98 Å². The number of rotatable bonds is 4. The molecule has 0 saturated heterocycles. The number of aromatic nitrogens is 3. The maximum Gasteiger partial charge on any atom is 0.138 e. The van der Waals surface area contributed by atoms with E-state index in [-0.39, 0.29) is 0 Å². The lowest BCUT2D eigenvalue weighted by atomic mass is 10.0. The molecule has 2 aromatic carbocycles. The molecule has 0 atom stereocenters. The minimum absolute atomic E-state index is 0.560. The van der Waals surface area contributed by atoms with Gasteiger partial charge in [-0.05, 0) is 54.1 Å². The van der Waals surface area contributed by atoms with Gasteiger partial charge in [-0.3, -0.25) is 4.98 Å². The molecule has 0 bridgehead atoms. The van der Waals surface area contributed by atoms with E-state index in [4.69, 9.17) is 27.2 Å². The highest BCUT2D eigenvalue weighted by molar-refractivity contribution is 6.32. The van der Waals surface area contributed by atoms with Crippen molar-refractivity contribution in [1.82, 2.24) is 14.8 Å². The number of methoxy groups -OCH3 is 1. The van der Waals surface area contributed by atoms with Crippen LogP contribution in [0.3, 0.4) is 0 Å². The Balaban J connectivity index is 1.90. The monoisotopic (exact) mass is 376 g/mol. The molecule has 2 heterocycles. The van der Waals surface area contributed by atoms with Gasteiger partial charge in [0.05, 0.1) is 17.8 Å². The Morgan fingerprint density at radius 1 is 0.963 bits per heavy atom. The normalized spacial score (nSPS) is 10.7. The van der Waals surface area contributed by atoms with Gasteiger partial charge in [-0.1, -0.05) is 17.7 Å². The third kappa shape index (κ3) is 3.37. The van der Waals surface area contributed by atoms with E-state index in [0.29, 0.717) is 16.5 Å². The van der Waals surface area contributed by atoms with Crippen LogP contribution < -0.4 is 10.5 Å². The van der Waals surface area contributed by atoms with Gasteiger partial charge in [-0.15, -0.1) is 0 Å². The van der Waals surface area contributed by atoms with Crippen molar-refractivity contribution in [2.45, 2.75) is 0 Å². The van der Waals surface area contributed by atoms with Gasteiger partial charge in [0.25, 0.3) is 0 Å². The summed E-state index contributed by atoms with van der Waals surface area (Å²) in [5.74, 6) is 0.608. The summed E-state index contributed by atoms with van der Waals surface area (Å²) < 4.78 is 7.21. The molecule has 6 heteroatoms. The molecule has 0 amide bonds. The summed E-state index contributed by atoms with van der Waals surface area (Å²) in [6, 6.07) is 17.1. The number of benzene rings is 2. The molecule has 134 valence electrons. The van der Waals surface area contributed by atoms with E-state index in [0.717, 1.165) is 28.1 Å². The molecule has 5 nitrogen and oxygen atoms in total. The highest BCUT2D eigenvalue weighted by atomic mass is 35.5. The molecular weight excluding hydrogens is 360 g/mol. The third-order valence-electron chi connectivity index (χ3n) is 4.29. The zero-order valence-electron chi connectivity index (χ0n) is 14.6. The van der Waals surface area contributed by atoms with Crippen molar-refractivity contribution in [2.75, 3.05) is 12.8 Å². The Morgan fingerprint density at radius 2 is 1.70 bits per heavy atom. The molecule has 0 unspecified atom stereocenters. The molecule has 0 aliphatic heterocycles. The first-order valence-electron chi connectivity index (χ1n) is 8.35. The van der Waals surface area contributed by atoms with Crippen LogP contribution in [-0.2, 0) is 0 Å². The minimum Gasteiger partial charge on any atom is -0.495 e. The van der Waals surface area contributed by atoms with Crippen LogP contribution in [0.1, 0.15) is 0 Å². The van der Waals surface area contributed by atoms with E-state index in [1.807, 2.05) is 65.5 Å². The number of anilines is 1. The first-order valence-corrected chi connectivity index (χ1v) is 8.73. The van der Waals surface area contributed by atoms with Crippen LogP contribution in [0.25, 0.3) is 28.1 Å². The molecule has 0 aliphatic rings. The van der Waals surface area contributed by atoms with E-state index >= 15 is 0 Å². The van der Waals surface area contributed by atoms with E-state index in [1.54, 1.807) is 19.5 Å². The van der Waals surface area contributed by atoms with Crippen molar-refractivity contribution < 1.29 is 4.74 Å². The van der Waals surface area contributed by atoms with Crippen molar-refractivity contribution in [3.8, 4) is 33.8 Å². The molecule has 0 saturated carbocycles. The van der Waals surface area contributed by atoms with Crippen molar-refractivity contribution >= 4 is 17.3 Å². The molecule has 2 aromatic heterocycles. The lowest BCUT2D eigenvalue weighted by Gasteiger charge is -2.07. The summed E-state index contributed by atoms with van der Waals surface area (Å²) in [6.07, 6.45) is 5.53. The molecule has 4 aromatic rings. The summed E-state index contributed by atoms with van der Waals surface area (Å²) in [5, 5.41) is 5.38. The zero-order chi connectivity index (χ0) is 18.8. The Bertz CT molecular complexity index is 1080. The number of ether oxygens (including phenoxy) is 1. The molecule has 0 spiro atoms. The van der Waals surface area contributed by atoms with E-state index in [9.17, 15) is 0 Å². The fraction of sp³-hybridized carbons (Fsp3) is 0.0476. The number of hydrogen-bond donors (Lipinski definition) is 1. The summed E-state index contributed by atoms with van der Waals surface area (Å²) >= 11 is 6.19. The minimum atomic E-state index is 0.560. The van der Waals surface area contributed by atoms with Crippen LogP contribution in [0.15, 0.2) is 73.2 Å². The predicted molar refractivity (Wildman–Crippen MR) is 108 cm³/mol. The van der Waals surface area contributed by atoms with Crippen molar-refractivity contribution in [2.24, 2.45) is 0 Å². The maximum absolute atomic E-state index is 6.19. The second-order valence-electron chi connectivity index (χ2n) is 6.01. The number of hydrogen-bond acceptors (Lipinski definition) is 4. The number of nitrogen functional groups attached to an aromatic ring is 1. The van der Waals surface area contributed by atoms with Crippen LogP contribution in [0, 0.1) is 0 Å². The van der Waals surface area contributed by atoms with Gasteiger partial charge in [-0.2, -0.15) is 5.10 Å². The fourth-order valence-electron chi connectivity index (χ4n) is 2.90. The molecule has 2 N–H and O–H groups in total. The van der Waals surface area contributed by atoms with Gasteiger partial charge in [0, 0.05) is 35.4 Å². The zero-order valence-corrected chi connectivity index (χ0v) is 15.4. The SMILES string of the molecule is COc1cc(-c2nn(-c3ccc(N)cc3)cc2-c2ccncc2)ccc1Cl. The van der Waals surface area contributed by atoms with Gasteiger partial charge in [0.2, 0.25) is 0 Å². The van der Waals surface area contributed by atoms with Gasteiger partial charge in [-0.25, -0.2) is 4.68 Å². The first kappa shape index (κ1) is 17.1. The quantitative estimate of drug-likeness (QED) is 0.517. The summed E-state index contributed by atoms with van der Waals surface area (Å²) in [5.41, 5.74) is 11.2. The Labute approximate surface area is 162 Å². The Kier molecular flexibility index (Phi) is 4.52. The fourth-order valence-corrected chi connectivity index (χ4v) is 3.09. The van der Waals surface area contributed by atoms with Crippen LogP contribution >= 0.6 is 11.6 Å². The highest BCUT2D eigenvalue weighted by Gasteiger charge is 2.15. The van der Waals surface area contributed by atoms with E-state index < -0.39 is 0 Å².